The van der Waals surface area contributed by atoms with Gasteiger partial charge in [0.15, 0.2) is 5.65 Å². The molecule has 3 aromatic heterocycles. The van der Waals surface area contributed by atoms with Gasteiger partial charge in [0.25, 0.3) is 11.5 Å². The lowest BCUT2D eigenvalue weighted by Gasteiger charge is -2.49. The Morgan fingerprint density at radius 2 is 1.77 bits per heavy atom. The van der Waals surface area contributed by atoms with Crippen molar-refractivity contribution in [1.82, 2.24) is 19.4 Å². The zero-order chi connectivity index (χ0) is 30.9. The molecule has 0 spiro atoms. The van der Waals surface area contributed by atoms with Gasteiger partial charge >= 0.3 is 6.09 Å². The summed E-state index contributed by atoms with van der Waals surface area (Å²) < 4.78 is 32.3. The summed E-state index contributed by atoms with van der Waals surface area (Å²) in [6.45, 7) is 7.34. The minimum atomic E-state index is -1.16. The van der Waals surface area contributed by atoms with Gasteiger partial charge in [0, 0.05) is 36.8 Å². The summed E-state index contributed by atoms with van der Waals surface area (Å²) >= 11 is 0. The summed E-state index contributed by atoms with van der Waals surface area (Å²) in [5.74, 6) is -2.07. The third kappa shape index (κ3) is 4.23. The Labute approximate surface area is 245 Å². The molecule has 6 rings (SSSR count). The maximum absolute atomic E-state index is 16.0. The average Bonchev–Trinajstić information content (AvgIpc) is 2.95. The highest BCUT2D eigenvalue weighted by Gasteiger charge is 2.46. The maximum atomic E-state index is 16.0. The van der Waals surface area contributed by atoms with Crippen LogP contribution in [0.2, 0.25) is 0 Å². The van der Waals surface area contributed by atoms with Crippen molar-refractivity contribution in [2.45, 2.75) is 45.7 Å². The summed E-state index contributed by atoms with van der Waals surface area (Å²) in [5.41, 5.74) is 1.17. The molecule has 0 bridgehead atoms. The number of carbonyl (C=O) groups is 2. The molecule has 4 aromatic rings. The third-order valence-electron chi connectivity index (χ3n) is 8.33. The van der Waals surface area contributed by atoms with E-state index in [1.165, 1.54) is 45.7 Å². The Morgan fingerprint density at radius 3 is 2.44 bits per heavy atom. The van der Waals surface area contributed by atoms with E-state index in [2.05, 4.69) is 9.97 Å². The van der Waals surface area contributed by atoms with E-state index in [1.807, 2.05) is 20.8 Å². The lowest BCUT2D eigenvalue weighted by atomic mass is 9.98. The topological polar surface area (TPSA) is 112 Å². The van der Waals surface area contributed by atoms with Gasteiger partial charge in [-0.15, -0.1) is 0 Å². The lowest BCUT2D eigenvalue weighted by molar-refractivity contribution is -0.120. The number of halogens is 2. The van der Waals surface area contributed by atoms with Crippen LogP contribution < -0.4 is 15.4 Å². The van der Waals surface area contributed by atoms with Crippen LogP contribution in [-0.2, 0) is 4.79 Å². The van der Waals surface area contributed by atoms with Crippen LogP contribution in [0.5, 0.6) is 0 Å². The van der Waals surface area contributed by atoms with Crippen molar-refractivity contribution < 1.29 is 23.5 Å². The Morgan fingerprint density at radius 1 is 1.05 bits per heavy atom. The number of benzene rings is 1. The first-order valence-corrected chi connectivity index (χ1v) is 14.0. The standard InChI is InChI=1S/C31H30F2N6O4/c1-15(2)23-25(16(3)10-11-34-23)39-28-19(12-21(33)24(35-28)18-8-6-7-9-20(18)32)26-27(30(39)41)36(5)29(40)22-14-37(31(42)43)17(4)13-38(22)26/h6-12,15,17,22H,13-14H2,1-5H3,(H,42,43)/t17-,22-/m1/s1. The van der Waals surface area contributed by atoms with E-state index in [-0.39, 0.29) is 52.7 Å². The number of aryl methyl sites for hydroxylation is 1. The van der Waals surface area contributed by atoms with Crippen molar-refractivity contribution in [3.05, 3.63) is 75.8 Å². The number of carboxylic acid groups (broad SMARTS) is 1. The van der Waals surface area contributed by atoms with Gasteiger partial charge in [-0.1, -0.05) is 26.0 Å². The number of pyridine rings is 3. The second-order valence-electron chi connectivity index (χ2n) is 11.4. The van der Waals surface area contributed by atoms with E-state index in [0.717, 1.165) is 0 Å². The first-order chi connectivity index (χ1) is 20.4. The molecule has 2 atom stereocenters. The number of anilines is 2. The van der Waals surface area contributed by atoms with Crippen molar-refractivity contribution >= 4 is 34.4 Å². The highest BCUT2D eigenvalue weighted by Crippen LogP contribution is 2.43. The van der Waals surface area contributed by atoms with E-state index in [9.17, 15) is 23.9 Å². The highest BCUT2D eigenvalue weighted by atomic mass is 19.1. The third-order valence-corrected chi connectivity index (χ3v) is 8.33. The van der Waals surface area contributed by atoms with Crippen LogP contribution in [-0.4, -0.2) is 68.8 Å². The SMILES string of the molecule is Cc1ccnc(C(C)C)c1-n1c(=O)c2c(c3cc(F)c(-c4ccccc4F)nc31)N1C[C@@H](C)N(C(=O)O)C[C@@H]1C(=O)N2C. The molecule has 0 saturated carbocycles. The van der Waals surface area contributed by atoms with Crippen LogP contribution in [0.25, 0.3) is 28.0 Å². The van der Waals surface area contributed by atoms with Gasteiger partial charge in [0.1, 0.15) is 29.1 Å². The fourth-order valence-corrected chi connectivity index (χ4v) is 6.22. The fourth-order valence-electron chi connectivity index (χ4n) is 6.22. The molecule has 0 aliphatic carbocycles. The molecular weight excluding hydrogens is 558 g/mol. The average molecular weight is 589 g/mol. The number of hydrogen-bond acceptors (Lipinski definition) is 6. The zero-order valence-corrected chi connectivity index (χ0v) is 24.3. The predicted octanol–water partition coefficient (Wildman–Crippen LogP) is 4.69. The highest BCUT2D eigenvalue weighted by molar-refractivity contribution is 6.11. The first kappa shape index (κ1) is 28.3. The molecule has 2 aliphatic rings. The van der Waals surface area contributed by atoms with Gasteiger partial charge in [-0.25, -0.2) is 18.6 Å². The Kier molecular flexibility index (Phi) is 6.67. The Balaban J connectivity index is 1.76. The first-order valence-electron chi connectivity index (χ1n) is 14.0. The number of likely N-dealkylation sites (N-methyl/N-ethyl adjacent to an activating group) is 1. The summed E-state index contributed by atoms with van der Waals surface area (Å²) in [6.07, 6.45) is 0.477. The maximum Gasteiger partial charge on any atom is 0.407 e. The minimum absolute atomic E-state index is 0.0162. The second kappa shape index (κ2) is 10.1. The lowest BCUT2D eigenvalue weighted by Crippen LogP contribution is -2.66. The van der Waals surface area contributed by atoms with E-state index in [1.54, 1.807) is 30.2 Å². The summed E-state index contributed by atoms with van der Waals surface area (Å²) in [5, 5.41) is 9.98. The van der Waals surface area contributed by atoms with Gasteiger partial charge in [-0.05, 0) is 49.6 Å². The quantitative estimate of drug-likeness (QED) is 0.370. The van der Waals surface area contributed by atoms with Crippen molar-refractivity contribution in [2.24, 2.45) is 0 Å². The van der Waals surface area contributed by atoms with Crippen molar-refractivity contribution in [1.29, 1.82) is 0 Å². The van der Waals surface area contributed by atoms with Gasteiger partial charge in [0.05, 0.1) is 23.6 Å². The van der Waals surface area contributed by atoms with Gasteiger partial charge in [-0.3, -0.25) is 19.1 Å². The molecule has 43 heavy (non-hydrogen) atoms. The number of carbonyl (C=O) groups excluding carboxylic acids is 1. The molecule has 0 radical (unpaired) electrons. The molecule has 1 fully saturated rings. The van der Waals surface area contributed by atoms with Crippen LogP contribution >= 0.6 is 0 Å². The van der Waals surface area contributed by atoms with Gasteiger partial charge in [-0.2, -0.15) is 0 Å². The zero-order valence-electron chi connectivity index (χ0n) is 24.3. The molecule has 2 aliphatic heterocycles. The molecule has 0 unspecified atom stereocenters. The van der Waals surface area contributed by atoms with Crippen LogP contribution in [0.15, 0.2) is 47.4 Å². The summed E-state index contributed by atoms with van der Waals surface area (Å²) in [7, 11) is 1.45. The molecule has 1 aromatic carbocycles. The number of piperazine rings is 1. The molecular formula is C31H30F2N6O4. The Bertz CT molecular complexity index is 1890. The van der Waals surface area contributed by atoms with Crippen LogP contribution in [0.4, 0.5) is 25.0 Å². The molecule has 12 heteroatoms. The molecule has 1 N–H and O–H groups in total. The largest absolute Gasteiger partial charge is 0.465 e. The van der Waals surface area contributed by atoms with Gasteiger partial charge in [0.2, 0.25) is 0 Å². The van der Waals surface area contributed by atoms with Gasteiger partial charge < -0.3 is 19.8 Å². The van der Waals surface area contributed by atoms with Crippen LogP contribution in [0.3, 0.4) is 0 Å². The summed E-state index contributed by atoms with van der Waals surface area (Å²) in [4.78, 5) is 53.5. The molecule has 2 amide bonds. The molecule has 10 nitrogen and oxygen atoms in total. The predicted molar refractivity (Wildman–Crippen MR) is 158 cm³/mol. The number of rotatable bonds is 3. The van der Waals surface area contributed by atoms with Crippen molar-refractivity contribution in [3.8, 4) is 16.9 Å². The number of hydrogen-bond donors (Lipinski definition) is 1. The van der Waals surface area contributed by atoms with E-state index in [0.29, 0.717) is 16.9 Å². The smallest absolute Gasteiger partial charge is 0.407 e. The van der Waals surface area contributed by atoms with Crippen molar-refractivity contribution in [2.75, 3.05) is 29.9 Å². The van der Waals surface area contributed by atoms with E-state index < -0.39 is 41.3 Å². The number of nitrogens with zero attached hydrogens (tertiary/aromatic N) is 6. The number of aromatic nitrogens is 3. The molecule has 1 saturated heterocycles. The molecule has 5 heterocycles. The Hall–Kier alpha value is -4.87. The summed E-state index contributed by atoms with van der Waals surface area (Å²) in [6, 6.07) is 7.17. The molecule has 222 valence electrons. The minimum Gasteiger partial charge on any atom is -0.465 e. The van der Waals surface area contributed by atoms with E-state index >= 15 is 4.39 Å². The second-order valence-corrected chi connectivity index (χ2v) is 11.4. The van der Waals surface area contributed by atoms with Crippen LogP contribution in [0, 0.1) is 18.6 Å². The van der Waals surface area contributed by atoms with E-state index in [4.69, 9.17) is 0 Å². The normalized spacial score (nSPS) is 18.3. The monoisotopic (exact) mass is 588 g/mol. The number of fused-ring (bicyclic) bond motifs is 5. The van der Waals surface area contributed by atoms with Crippen molar-refractivity contribution in [3.63, 3.8) is 0 Å². The van der Waals surface area contributed by atoms with Crippen LogP contribution in [0.1, 0.15) is 37.9 Å². The fraction of sp³-hybridized carbons (Fsp3) is 0.323. The number of amides is 2.